The molecule has 0 spiro atoms. The van der Waals surface area contributed by atoms with Crippen LogP contribution in [0.2, 0.25) is 0 Å². The lowest BCUT2D eigenvalue weighted by molar-refractivity contribution is -0.137. The van der Waals surface area contributed by atoms with Gasteiger partial charge in [-0.2, -0.15) is 18.3 Å². The highest BCUT2D eigenvalue weighted by Crippen LogP contribution is 2.30. The number of hydrogen-bond acceptors (Lipinski definition) is 3. The summed E-state index contributed by atoms with van der Waals surface area (Å²) in [6.45, 7) is 0.0149. The van der Waals surface area contributed by atoms with Gasteiger partial charge in [0.15, 0.2) is 0 Å². The molecule has 6 nitrogen and oxygen atoms in total. The number of aliphatic hydroxyl groups excluding tert-OH is 1. The number of aromatic nitrogens is 2. The maximum atomic E-state index is 12.8. The predicted molar refractivity (Wildman–Crippen MR) is 100 cm³/mol. The Balaban J connectivity index is 1.51. The Bertz CT molecular complexity index is 958. The van der Waals surface area contributed by atoms with E-state index in [1.54, 1.807) is 23.1 Å². The lowest BCUT2D eigenvalue weighted by Gasteiger charge is -2.15. The van der Waals surface area contributed by atoms with Gasteiger partial charge in [-0.05, 0) is 41.5 Å². The maximum Gasteiger partial charge on any atom is 0.416 e. The van der Waals surface area contributed by atoms with Gasteiger partial charge < -0.3 is 15.7 Å². The maximum absolute atomic E-state index is 12.8. The number of carbonyl (C=O) groups excluding carboxylic acids is 1. The Morgan fingerprint density at radius 2 is 1.90 bits per heavy atom. The Morgan fingerprint density at radius 3 is 2.62 bits per heavy atom. The largest absolute Gasteiger partial charge is 0.416 e. The van der Waals surface area contributed by atoms with Crippen molar-refractivity contribution in [2.75, 3.05) is 6.54 Å². The quantitative estimate of drug-likeness (QED) is 0.589. The van der Waals surface area contributed by atoms with Crippen LogP contribution in [0.5, 0.6) is 0 Å². The highest BCUT2D eigenvalue weighted by molar-refractivity contribution is 5.73. The van der Waals surface area contributed by atoms with E-state index in [0.29, 0.717) is 0 Å². The van der Waals surface area contributed by atoms with E-state index in [9.17, 15) is 23.1 Å². The molecule has 2 aromatic carbocycles. The van der Waals surface area contributed by atoms with Crippen molar-refractivity contribution in [1.29, 1.82) is 0 Å². The monoisotopic (exact) mass is 404 g/mol. The first kappa shape index (κ1) is 20.4. The topological polar surface area (TPSA) is 79.2 Å². The molecule has 3 aromatic rings. The Labute approximate surface area is 165 Å². The van der Waals surface area contributed by atoms with E-state index < -0.39 is 23.9 Å². The van der Waals surface area contributed by atoms with Crippen molar-refractivity contribution >= 4 is 6.03 Å². The third-order valence-electron chi connectivity index (χ3n) is 4.19. The second-order valence-electron chi connectivity index (χ2n) is 6.32. The molecule has 0 fully saturated rings. The van der Waals surface area contributed by atoms with Crippen LogP contribution in [0, 0.1) is 0 Å². The molecule has 0 radical (unpaired) electrons. The van der Waals surface area contributed by atoms with E-state index in [1.165, 1.54) is 12.1 Å². The average molecular weight is 404 g/mol. The highest BCUT2D eigenvalue weighted by atomic mass is 19.4. The van der Waals surface area contributed by atoms with Gasteiger partial charge in [0.1, 0.15) is 0 Å². The van der Waals surface area contributed by atoms with Crippen molar-refractivity contribution in [3.8, 4) is 5.69 Å². The standard InChI is InChI=1S/C20H19F3N4O2/c21-20(22,23)16-6-2-5-15(11-16)18(28)13-25-19(29)24-12-14-4-1-7-17(10-14)27-9-3-8-26-27/h1-11,18,28H,12-13H2,(H2,24,25,29). The van der Waals surface area contributed by atoms with Crippen molar-refractivity contribution < 1.29 is 23.1 Å². The summed E-state index contributed by atoms with van der Waals surface area (Å²) in [5.41, 5.74) is 0.906. The molecule has 0 aliphatic carbocycles. The summed E-state index contributed by atoms with van der Waals surface area (Å²) in [5, 5.41) is 19.3. The third-order valence-corrected chi connectivity index (χ3v) is 4.19. The molecule has 1 aromatic heterocycles. The molecule has 0 saturated heterocycles. The first-order valence-electron chi connectivity index (χ1n) is 8.79. The molecule has 152 valence electrons. The van der Waals surface area contributed by atoms with Crippen molar-refractivity contribution in [2.24, 2.45) is 0 Å². The lowest BCUT2D eigenvalue weighted by atomic mass is 10.1. The van der Waals surface area contributed by atoms with Crippen LogP contribution < -0.4 is 10.6 Å². The van der Waals surface area contributed by atoms with Gasteiger partial charge in [0.25, 0.3) is 0 Å². The molecule has 0 aliphatic heterocycles. The molecule has 29 heavy (non-hydrogen) atoms. The number of hydrogen-bond donors (Lipinski definition) is 3. The van der Waals surface area contributed by atoms with Crippen molar-refractivity contribution in [3.63, 3.8) is 0 Å². The van der Waals surface area contributed by atoms with Crippen molar-refractivity contribution in [2.45, 2.75) is 18.8 Å². The summed E-state index contributed by atoms with van der Waals surface area (Å²) < 4.78 is 40.0. The zero-order valence-electron chi connectivity index (χ0n) is 15.2. The first-order valence-corrected chi connectivity index (χ1v) is 8.79. The van der Waals surface area contributed by atoms with Gasteiger partial charge in [0.2, 0.25) is 0 Å². The minimum Gasteiger partial charge on any atom is -0.387 e. The van der Waals surface area contributed by atoms with Gasteiger partial charge in [-0.3, -0.25) is 0 Å². The van der Waals surface area contributed by atoms with Gasteiger partial charge in [-0.25, -0.2) is 9.48 Å². The number of halogens is 3. The Hall–Kier alpha value is -3.33. The highest BCUT2D eigenvalue weighted by Gasteiger charge is 2.30. The van der Waals surface area contributed by atoms with E-state index >= 15 is 0 Å². The summed E-state index contributed by atoms with van der Waals surface area (Å²) in [5.74, 6) is 0. The summed E-state index contributed by atoms with van der Waals surface area (Å²) >= 11 is 0. The normalized spacial score (nSPS) is 12.4. The molecule has 3 N–H and O–H groups in total. The Morgan fingerprint density at radius 1 is 1.10 bits per heavy atom. The molecule has 0 bridgehead atoms. The van der Waals surface area contributed by atoms with Gasteiger partial charge in [0.05, 0.1) is 17.4 Å². The van der Waals surface area contributed by atoms with E-state index in [1.807, 2.05) is 24.3 Å². The summed E-state index contributed by atoms with van der Waals surface area (Å²) in [4.78, 5) is 12.0. The summed E-state index contributed by atoms with van der Waals surface area (Å²) in [6.07, 6.45) is -2.29. The number of nitrogens with zero attached hydrogens (tertiary/aromatic N) is 2. The molecule has 1 atom stereocenters. The lowest BCUT2D eigenvalue weighted by Crippen LogP contribution is -2.37. The number of rotatable bonds is 6. The second-order valence-corrected chi connectivity index (χ2v) is 6.32. The Kier molecular flexibility index (Phi) is 6.18. The van der Waals surface area contributed by atoms with Crippen molar-refractivity contribution in [1.82, 2.24) is 20.4 Å². The van der Waals surface area contributed by atoms with Crippen LogP contribution in [0.4, 0.5) is 18.0 Å². The smallest absolute Gasteiger partial charge is 0.387 e. The van der Waals surface area contributed by atoms with E-state index in [0.717, 1.165) is 23.4 Å². The third kappa shape index (κ3) is 5.58. The van der Waals surface area contributed by atoms with E-state index in [2.05, 4.69) is 15.7 Å². The average Bonchev–Trinajstić information content (AvgIpc) is 3.25. The first-order chi connectivity index (χ1) is 13.8. The minimum atomic E-state index is -4.49. The van der Waals surface area contributed by atoms with Crippen LogP contribution in [0.25, 0.3) is 5.69 Å². The van der Waals surface area contributed by atoms with E-state index in [4.69, 9.17) is 0 Å². The molecular weight excluding hydrogens is 385 g/mol. The predicted octanol–water partition coefficient (Wildman–Crippen LogP) is 3.42. The zero-order chi connectivity index (χ0) is 20.9. The van der Waals surface area contributed by atoms with Gasteiger partial charge in [0, 0.05) is 25.5 Å². The number of nitrogens with one attached hydrogen (secondary N) is 2. The molecule has 3 rings (SSSR count). The molecule has 1 heterocycles. The van der Waals surface area contributed by atoms with Gasteiger partial charge in [-0.1, -0.05) is 24.3 Å². The molecular formula is C20H19F3N4O2. The number of benzene rings is 2. The fourth-order valence-electron chi connectivity index (χ4n) is 2.70. The number of urea groups is 1. The fraction of sp³-hybridized carbons (Fsp3) is 0.200. The summed E-state index contributed by atoms with van der Waals surface area (Å²) in [6, 6.07) is 13.1. The van der Waals surface area contributed by atoms with Crippen LogP contribution in [-0.4, -0.2) is 27.5 Å². The second kappa shape index (κ2) is 8.78. The number of alkyl halides is 3. The number of carbonyl (C=O) groups is 1. The van der Waals surface area contributed by atoms with Crippen LogP contribution in [0.15, 0.2) is 67.0 Å². The van der Waals surface area contributed by atoms with E-state index in [-0.39, 0.29) is 18.7 Å². The van der Waals surface area contributed by atoms with Gasteiger partial charge >= 0.3 is 12.2 Å². The fourth-order valence-corrected chi connectivity index (χ4v) is 2.70. The minimum absolute atomic E-state index is 0.0760. The molecule has 9 heteroatoms. The van der Waals surface area contributed by atoms with Gasteiger partial charge in [-0.15, -0.1) is 0 Å². The SMILES string of the molecule is O=C(NCc1cccc(-n2cccn2)c1)NCC(O)c1cccc(C(F)(F)F)c1. The number of aliphatic hydroxyl groups is 1. The molecule has 0 aliphatic rings. The number of amides is 2. The van der Waals surface area contributed by atoms with Crippen LogP contribution >= 0.6 is 0 Å². The zero-order valence-corrected chi connectivity index (χ0v) is 15.2. The molecule has 1 unspecified atom stereocenters. The summed E-state index contributed by atoms with van der Waals surface area (Å²) in [7, 11) is 0. The van der Waals surface area contributed by atoms with Crippen LogP contribution in [0.3, 0.4) is 0 Å². The van der Waals surface area contributed by atoms with Crippen molar-refractivity contribution in [3.05, 3.63) is 83.7 Å². The molecule has 2 amide bonds. The van der Waals surface area contributed by atoms with Crippen LogP contribution in [0.1, 0.15) is 22.8 Å². The van der Waals surface area contributed by atoms with Crippen LogP contribution in [-0.2, 0) is 12.7 Å². The molecule has 0 saturated carbocycles.